The Labute approximate surface area is 198 Å². The quantitative estimate of drug-likeness (QED) is 0.505. The molecule has 0 saturated heterocycles. The van der Waals surface area contributed by atoms with E-state index in [1.807, 2.05) is 47.8 Å². The summed E-state index contributed by atoms with van der Waals surface area (Å²) in [5.41, 5.74) is 4.25. The molecule has 2 aromatic carbocycles. The van der Waals surface area contributed by atoms with Crippen molar-refractivity contribution in [2.45, 2.75) is 59.1 Å². The molecule has 2 unspecified atom stereocenters. The third-order valence-electron chi connectivity index (χ3n) is 5.82. The summed E-state index contributed by atoms with van der Waals surface area (Å²) in [5, 5.41) is 6.05. The standard InChI is InChI=1S/C26H29N3O3S/c1-5-7-24-28-21(15-33-24)19-10-13-23-22(14-19)29(26(31)17(4)32-23)16(3)25(30)27-20-11-8-18(6-2)9-12-20/h8-17H,5-7H2,1-4H3,(H,27,30). The number of nitrogens with one attached hydrogen (secondary N) is 1. The number of carbonyl (C=O) groups is 2. The van der Waals surface area contributed by atoms with Crippen molar-refractivity contribution in [2.24, 2.45) is 0 Å². The van der Waals surface area contributed by atoms with Gasteiger partial charge in [-0.15, -0.1) is 11.3 Å². The Kier molecular flexibility index (Phi) is 6.79. The summed E-state index contributed by atoms with van der Waals surface area (Å²) in [6, 6.07) is 12.7. The summed E-state index contributed by atoms with van der Waals surface area (Å²) >= 11 is 1.64. The van der Waals surface area contributed by atoms with Crippen molar-refractivity contribution in [2.75, 3.05) is 10.2 Å². The molecule has 2 heterocycles. The minimum atomic E-state index is -0.713. The molecule has 7 heteroatoms. The monoisotopic (exact) mass is 463 g/mol. The first kappa shape index (κ1) is 23.0. The Bertz CT molecular complexity index is 1160. The van der Waals surface area contributed by atoms with Gasteiger partial charge < -0.3 is 10.1 Å². The van der Waals surface area contributed by atoms with Gasteiger partial charge in [-0.25, -0.2) is 4.98 Å². The zero-order valence-electron chi connectivity index (χ0n) is 19.4. The van der Waals surface area contributed by atoms with E-state index in [9.17, 15) is 9.59 Å². The maximum atomic E-state index is 13.1. The number of aryl methyl sites for hydroxylation is 2. The zero-order chi connectivity index (χ0) is 23.5. The van der Waals surface area contributed by atoms with Gasteiger partial charge in [0.25, 0.3) is 5.91 Å². The molecule has 0 aliphatic carbocycles. The van der Waals surface area contributed by atoms with Gasteiger partial charge in [-0.3, -0.25) is 14.5 Å². The molecule has 6 nitrogen and oxygen atoms in total. The summed E-state index contributed by atoms with van der Waals surface area (Å²) in [7, 11) is 0. The number of carbonyl (C=O) groups excluding carboxylic acids is 2. The average Bonchev–Trinajstić information content (AvgIpc) is 3.29. The van der Waals surface area contributed by atoms with Crippen molar-refractivity contribution in [1.82, 2.24) is 4.98 Å². The van der Waals surface area contributed by atoms with E-state index in [0.717, 1.165) is 35.5 Å². The lowest BCUT2D eigenvalue weighted by Crippen LogP contribution is -2.52. The van der Waals surface area contributed by atoms with E-state index in [1.165, 1.54) is 5.56 Å². The van der Waals surface area contributed by atoms with Crippen LogP contribution in [0.3, 0.4) is 0 Å². The van der Waals surface area contributed by atoms with E-state index in [2.05, 4.69) is 19.2 Å². The van der Waals surface area contributed by atoms with Crippen molar-refractivity contribution in [3.63, 3.8) is 0 Å². The van der Waals surface area contributed by atoms with Crippen LogP contribution in [0.5, 0.6) is 5.75 Å². The maximum Gasteiger partial charge on any atom is 0.268 e. The average molecular weight is 464 g/mol. The topological polar surface area (TPSA) is 71.5 Å². The van der Waals surface area contributed by atoms with E-state index in [0.29, 0.717) is 17.1 Å². The fourth-order valence-electron chi connectivity index (χ4n) is 3.88. The van der Waals surface area contributed by atoms with E-state index >= 15 is 0 Å². The van der Waals surface area contributed by atoms with Gasteiger partial charge in [0.05, 0.1) is 16.4 Å². The first-order valence-corrected chi connectivity index (χ1v) is 12.3. The molecular weight excluding hydrogens is 434 g/mol. The van der Waals surface area contributed by atoms with Crippen LogP contribution in [0.25, 0.3) is 11.3 Å². The highest BCUT2D eigenvalue weighted by Crippen LogP contribution is 2.39. The molecule has 1 aromatic heterocycles. The van der Waals surface area contributed by atoms with Crippen LogP contribution in [0.2, 0.25) is 0 Å². The molecule has 1 aliphatic heterocycles. The minimum Gasteiger partial charge on any atom is -0.479 e. The second-order valence-corrected chi connectivity index (χ2v) is 9.19. The van der Waals surface area contributed by atoms with Crippen LogP contribution < -0.4 is 15.0 Å². The van der Waals surface area contributed by atoms with Crippen LogP contribution in [0.1, 0.15) is 44.7 Å². The number of thiazole rings is 1. The summed E-state index contributed by atoms with van der Waals surface area (Å²) in [6.07, 6.45) is 2.25. The molecule has 172 valence electrons. The van der Waals surface area contributed by atoms with Crippen molar-refractivity contribution in [3.05, 3.63) is 58.4 Å². The highest BCUT2D eigenvalue weighted by atomic mass is 32.1. The lowest BCUT2D eigenvalue weighted by Gasteiger charge is -2.36. The van der Waals surface area contributed by atoms with E-state index in [1.54, 1.807) is 30.1 Å². The molecule has 2 amide bonds. The molecule has 0 saturated carbocycles. The van der Waals surface area contributed by atoms with Gasteiger partial charge in [0, 0.05) is 16.6 Å². The maximum absolute atomic E-state index is 13.1. The molecule has 0 spiro atoms. The van der Waals surface area contributed by atoms with Crippen LogP contribution in [-0.2, 0) is 22.4 Å². The van der Waals surface area contributed by atoms with Gasteiger partial charge in [-0.05, 0) is 69.0 Å². The number of amides is 2. The molecule has 3 aromatic rings. The first-order valence-electron chi connectivity index (χ1n) is 11.4. The predicted octanol–water partition coefficient (Wildman–Crippen LogP) is 5.47. The molecule has 4 rings (SSSR count). The van der Waals surface area contributed by atoms with Crippen LogP contribution in [-0.4, -0.2) is 28.9 Å². The second-order valence-electron chi connectivity index (χ2n) is 8.24. The second kappa shape index (κ2) is 9.75. The van der Waals surface area contributed by atoms with Crippen LogP contribution in [0.15, 0.2) is 47.8 Å². The Morgan fingerprint density at radius 2 is 1.97 bits per heavy atom. The van der Waals surface area contributed by atoms with Crippen LogP contribution in [0, 0.1) is 0 Å². The molecule has 0 radical (unpaired) electrons. The van der Waals surface area contributed by atoms with E-state index in [-0.39, 0.29) is 11.8 Å². The summed E-state index contributed by atoms with van der Waals surface area (Å²) in [4.78, 5) is 32.5. The normalized spacial score (nSPS) is 16.2. The Morgan fingerprint density at radius 3 is 2.67 bits per heavy atom. The molecule has 0 bridgehead atoms. The highest BCUT2D eigenvalue weighted by Gasteiger charge is 2.37. The smallest absolute Gasteiger partial charge is 0.268 e. The number of rotatable bonds is 7. The van der Waals surface area contributed by atoms with Gasteiger partial charge in [0.15, 0.2) is 6.10 Å². The number of nitrogens with zero attached hydrogens (tertiary/aromatic N) is 2. The van der Waals surface area contributed by atoms with Crippen LogP contribution in [0.4, 0.5) is 11.4 Å². The predicted molar refractivity (Wildman–Crippen MR) is 133 cm³/mol. The number of ether oxygens (including phenoxy) is 1. The summed E-state index contributed by atoms with van der Waals surface area (Å²) in [5.74, 6) is 0.0901. The van der Waals surface area contributed by atoms with Gasteiger partial charge in [0.1, 0.15) is 11.8 Å². The number of fused-ring (bicyclic) bond motifs is 1. The van der Waals surface area contributed by atoms with Crippen LogP contribution >= 0.6 is 11.3 Å². The third kappa shape index (κ3) is 4.78. The molecule has 2 atom stereocenters. The minimum absolute atomic E-state index is 0.242. The highest BCUT2D eigenvalue weighted by molar-refractivity contribution is 7.09. The Hall–Kier alpha value is -3.19. The summed E-state index contributed by atoms with van der Waals surface area (Å²) < 4.78 is 5.84. The van der Waals surface area contributed by atoms with Gasteiger partial charge in [0.2, 0.25) is 5.91 Å². The Balaban J connectivity index is 1.63. The largest absolute Gasteiger partial charge is 0.479 e. The fourth-order valence-corrected chi connectivity index (χ4v) is 4.79. The van der Waals surface area contributed by atoms with Gasteiger partial charge >= 0.3 is 0 Å². The Morgan fingerprint density at radius 1 is 1.21 bits per heavy atom. The SMILES string of the molecule is CCCc1nc(-c2ccc3c(c2)N(C(C)C(=O)Nc2ccc(CC)cc2)C(=O)C(C)O3)cs1. The van der Waals surface area contributed by atoms with Gasteiger partial charge in [-0.1, -0.05) is 26.0 Å². The molecular formula is C26H29N3O3S. The lowest BCUT2D eigenvalue weighted by molar-refractivity contribution is -0.128. The number of hydrogen-bond acceptors (Lipinski definition) is 5. The first-order chi connectivity index (χ1) is 15.9. The van der Waals surface area contributed by atoms with Crippen molar-refractivity contribution in [3.8, 4) is 17.0 Å². The fraction of sp³-hybridized carbons (Fsp3) is 0.346. The zero-order valence-corrected chi connectivity index (χ0v) is 20.2. The number of benzene rings is 2. The molecule has 0 fully saturated rings. The summed E-state index contributed by atoms with van der Waals surface area (Å²) in [6.45, 7) is 7.66. The van der Waals surface area contributed by atoms with Crippen molar-refractivity contribution >= 4 is 34.5 Å². The number of anilines is 2. The third-order valence-corrected chi connectivity index (χ3v) is 6.72. The van der Waals surface area contributed by atoms with E-state index in [4.69, 9.17) is 9.72 Å². The van der Waals surface area contributed by atoms with E-state index < -0.39 is 12.1 Å². The lowest BCUT2D eigenvalue weighted by atomic mass is 10.1. The molecule has 1 N–H and O–H groups in total. The molecule has 33 heavy (non-hydrogen) atoms. The molecule has 1 aliphatic rings. The van der Waals surface area contributed by atoms with Crippen molar-refractivity contribution in [1.29, 1.82) is 0 Å². The van der Waals surface area contributed by atoms with Crippen molar-refractivity contribution < 1.29 is 14.3 Å². The number of aromatic nitrogens is 1. The number of hydrogen-bond donors (Lipinski definition) is 1. The van der Waals surface area contributed by atoms with Gasteiger partial charge in [-0.2, -0.15) is 0 Å².